The SMILES string of the molecule is CC(N)CCCCC(C)C(=O)O. The van der Waals surface area contributed by atoms with Crippen LogP contribution in [0.2, 0.25) is 0 Å². The van der Waals surface area contributed by atoms with Gasteiger partial charge in [0.15, 0.2) is 0 Å². The molecule has 12 heavy (non-hydrogen) atoms. The Labute approximate surface area is 74.0 Å². The van der Waals surface area contributed by atoms with E-state index in [2.05, 4.69) is 0 Å². The zero-order chi connectivity index (χ0) is 9.56. The van der Waals surface area contributed by atoms with E-state index >= 15 is 0 Å². The topological polar surface area (TPSA) is 63.3 Å². The lowest BCUT2D eigenvalue weighted by molar-refractivity contribution is -0.141. The molecule has 2 unspecified atom stereocenters. The van der Waals surface area contributed by atoms with Gasteiger partial charge in [-0.3, -0.25) is 4.79 Å². The van der Waals surface area contributed by atoms with E-state index in [4.69, 9.17) is 10.8 Å². The molecule has 0 saturated heterocycles. The molecule has 3 N–H and O–H groups in total. The van der Waals surface area contributed by atoms with E-state index in [9.17, 15) is 4.79 Å². The predicted molar refractivity (Wildman–Crippen MR) is 48.9 cm³/mol. The zero-order valence-electron chi connectivity index (χ0n) is 7.92. The van der Waals surface area contributed by atoms with Crippen molar-refractivity contribution in [1.29, 1.82) is 0 Å². The van der Waals surface area contributed by atoms with E-state index < -0.39 is 5.97 Å². The molecular weight excluding hydrogens is 154 g/mol. The molecule has 0 aliphatic carbocycles. The molecule has 0 saturated carbocycles. The van der Waals surface area contributed by atoms with Crippen molar-refractivity contribution in [1.82, 2.24) is 0 Å². The second kappa shape index (κ2) is 6.00. The van der Waals surface area contributed by atoms with Crippen LogP contribution in [0.25, 0.3) is 0 Å². The third kappa shape index (κ3) is 6.16. The Morgan fingerprint density at radius 3 is 2.25 bits per heavy atom. The van der Waals surface area contributed by atoms with Gasteiger partial charge in [-0.2, -0.15) is 0 Å². The molecule has 0 aliphatic rings. The molecule has 0 aliphatic heterocycles. The number of carbonyl (C=O) groups is 1. The lowest BCUT2D eigenvalue weighted by atomic mass is 10.0. The minimum atomic E-state index is -0.698. The van der Waals surface area contributed by atoms with Crippen LogP contribution in [-0.4, -0.2) is 17.1 Å². The highest BCUT2D eigenvalue weighted by molar-refractivity contribution is 5.69. The number of unbranched alkanes of at least 4 members (excludes halogenated alkanes) is 1. The molecule has 0 fully saturated rings. The number of nitrogens with two attached hydrogens (primary N) is 1. The molecule has 0 radical (unpaired) electrons. The maximum atomic E-state index is 10.4. The fourth-order valence-corrected chi connectivity index (χ4v) is 1.04. The number of hydrogen-bond acceptors (Lipinski definition) is 2. The van der Waals surface area contributed by atoms with Gasteiger partial charge in [0.2, 0.25) is 0 Å². The number of rotatable bonds is 6. The first kappa shape index (κ1) is 11.4. The standard InChI is InChI=1S/C9H19NO2/c1-7(9(11)12)5-3-4-6-8(2)10/h7-8H,3-6,10H2,1-2H3,(H,11,12). The van der Waals surface area contributed by atoms with Crippen LogP contribution in [0.1, 0.15) is 39.5 Å². The average Bonchev–Trinajstić information content (AvgIpc) is 1.97. The molecule has 3 heteroatoms. The fraction of sp³-hybridized carbons (Fsp3) is 0.889. The van der Waals surface area contributed by atoms with Crippen LogP contribution in [0.15, 0.2) is 0 Å². The van der Waals surface area contributed by atoms with Gasteiger partial charge in [-0.1, -0.05) is 19.8 Å². The summed E-state index contributed by atoms with van der Waals surface area (Å²) < 4.78 is 0. The van der Waals surface area contributed by atoms with Gasteiger partial charge in [-0.15, -0.1) is 0 Å². The van der Waals surface area contributed by atoms with Crippen molar-refractivity contribution in [3.05, 3.63) is 0 Å². The Hall–Kier alpha value is -0.570. The average molecular weight is 173 g/mol. The zero-order valence-corrected chi connectivity index (χ0v) is 7.92. The highest BCUT2D eigenvalue weighted by atomic mass is 16.4. The molecule has 72 valence electrons. The van der Waals surface area contributed by atoms with Gasteiger partial charge in [0, 0.05) is 6.04 Å². The Morgan fingerprint density at radius 1 is 1.33 bits per heavy atom. The van der Waals surface area contributed by atoms with Gasteiger partial charge in [0.05, 0.1) is 5.92 Å². The number of hydrogen-bond donors (Lipinski definition) is 2. The first-order valence-corrected chi connectivity index (χ1v) is 4.52. The largest absolute Gasteiger partial charge is 0.481 e. The van der Waals surface area contributed by atoms with Gasteiger partial charge in [-0.05, 0) is 19.8 Å². The number of carboxylic acids is 1. The summed E-state index contributed by atoms with van der Waals surface area (Å²) in [6.07, 6.45) is 3.76. The van der Waals surface area contributed by atoms with E-state index in [-0.39, 0.29) is 12.0 Å². The van der Waals surface area contributed by atoms with Gasteiger partial charge in [0.1, 0.15) is 0 Å². The van der Waals surface area contributed by atoms with Crippen molar-refractivity contribution in [2.24, 2.45) is 11.7 Å². The summed E-state index contributed by atoms with van der Waals surface area (Å²) in [7, 11) is 0. The summed E-state index contributed by atoms with van der Waals surface area (Å²) in [5, 5.41) is 8.57. The van der Waals surface area contributed by atoms with E-state index in [1.54, 1.807) is 6.92 Å². The number of aliphatic carboxylic acids is 1. The molecule has 0 aromatic heterocycles. The molecule has 2 atom stereocenters. The third-order valence-electron chi connectivity index (χ3n) is 1.97. The minimum Gasteiger partial charge on any atom is -0.481 e. The van der Waals surface area contributed by atoms with Crippen LogP contribution in [-0.2, 0) is 4.79 Å². The maximum Gasteiger partial charge on any atom is 0.306 e. The van der Waals surface area contributed by atoms with Crippen LogP contribution in [0, 0.1) is 5.92 Å². The Balaban J connectivity index is 3.25. The summed E-state index contributed by atoms with van der Waals surface area (Å²) >= 11 is 0. The smallest absolute Gasteiger partial charge is 0.306 e. The van der Waals surface area contributed by atoms with Crippen LogP contribution >= 0.6 is 0 Å². The van der Waals surface area contributed by atoms with Gasteiger partial charge in [-0.25, -0.2) is 0 Å². The molecule has 0 aromatic carbocycles. The molecule has 0 bridgehead atoms. The van der Waals surface area contributed by atoms with Crippen LogP contribution in [0.4, 0.5) is 0 Å². The normalized spacial score (nSPS) is 15.6. The van der Waals surface area contributed by atoms with Crippen molar-refractivity contribution in [2.75, 3.05) is 0 Å². The highest BCUT2D eigenvalue weighted by Crippen LogP contribution is 2.09. The van der Waals surface area contributed by atoms with Crippen LogP contribution in [0.3, 0.4) is 0 Å². The van der Waals surface area contributed by atoms with E-state index in [0.717, 1.165) is 25.7 Å². The summed E-state index contributed by atoms with van der Waals surface area (Å²) in [6.45, 7) is 3.72. The van der Waals surface area contributed by atoms with E-state index in [1.165, 1.54) is 0 Å². The number of carboxylic acid groups (broad SMARTS) is 1. The molecule has 3 nitrogen and oxygen atoms in total. The van der Waals surface area contributed by atoms with Gasteiger partial charge >= 0.3 is 5.97 Å². The molecule has 0 rings (SSSR count). The predicted octanol–water partition coefficient (Wildman–Crippen LogP) is 1.61. The van der Waals surface area contributed by atoms with Crippen molar-refractivity contribution in [3.63, 3.8) is 0 Å². The second-order valence-corrected chi connectivity index (χ2v) is 3.50. The van der Waals surface area contributed by atoms with E-state index in [0.29, 0.717) is 0 Å². The minimum absolute atomic E-state index is 0.210. The quantitative estimate of drug-likeness (QED) is 0.600. The monoisotopic (exact) mass is 173 g/mol. The van der Waals surface area contributed by atoms with Gasteiger partial charge in [0.25, 0.3) is 0 Å². The van der Waals surface area contributed by atoms with Crippen molar-refractivity contribution >= 4 is 5.97 Å². The molecule has 0 amide bonds. The summed E-state index contributed by atoms with van der Waals surface area (Å²) in [5.41, 5.74) is 5.55. The third-order valence-corrected chi connectivity index (χ3v) is 1.97. The highest BCUT2D eigenvalue weighted by Gasteiger charge is 2.09. The Kier molecular flexibility index (Phi) is 5.72. The first-order chi connectivity index (χ1) is 5.54. The summed E-state index contributed by atoms with van der Waals surface area (Å²) in [6, 6.07) is 0.241. The summed E-state index contributed by atoms with van der Waals surface area (Å²) in [5.74, 6) is -0.908. The van der Waals surface area contributed by atoms with Crippen molar-refractivity contribution in [2.45, 2.75) is 45.6 Å². The van der Waals surface area contributed by atoms with Gasteiger partial charge < -0.3 is 10.8 Å². The molecule has 0 aromatic rings. The van der Waals surface area contributed by atoms with Crippen LogP contribution in [0.5, 0.6) is 0 Å². The summed E-state index contributed by atoms with van der Waals surface area (Å²) in [4.78, 5) is 10.4. The first-order valence-electron chi connectivity index (χ1n) is 4.52. The van der Waals surface area contributed by atoms with E-state index in [1.807, 2.05) is 6.92 Å². The Morgan fingerprint density at radius 2 is 1.83 bits per heavy atom. The fourth-order valence-electron chi connectivity index (χ4n) is 1.04. The molecule has 0 spiro atoms. The second-order valence-electron chi connectivity index (χ2n) is 3.50. The van der Waals surface area contributed by atoms with Crippen LogP contribution < -0.4 is 5.73 Å². The van der Waals surface area contributed by atoms with Crippen molar-refractivity contribution in [3.8, 4) is 0 Å². The lowest BCUT2D eigenvalue weighted by Crippen LogP contribution is -2.14. The van der Waals surface area contributed by atoms with Crippen molar-refractivity contribution < 1.29 is 9.90 Å². The molecular formula is C9H19NO2. The maximum absolute atomic E-state index is 10.4. The molecule has 0 heterocycles. The lowest BCUT2D eigenvalue weighted by Gasteiger charge is -2.06. The Bertz CT molecular complexity index is 134.